The van der Waals surface area contributed by atoms with Crippen molar-refractivity contribution in [1.82, 2.24) is 9.97 Å². The van der Waals surface area contributed by atoms with Gasteiger partial charge in [-0.15, -0.1) is 0 Å². The van der Waals surface area contributed by atoms with Crippen LogP contribution < -0.4 is 15.4 Å². The summed E-state index contributed by atoms with van der Waals surface area (Å²) in [7, 11) is 0. The SMILES string of the molecule is N#Cc1cccc(OCC#Cc2cnc(N3CCC4(CC3)Cc3ccccc3[C@H]4N)c(CO)n2)c1. The highest BCUT2D eigenvalue weighted by Gasteiger charge is 2.46. The number of rotatable bonds is 4. The highest BCUT2D eigenvalue weighted by molar-refractivity contribution is 5.47. The lowest BCUT2D eigenvalue weighted by molar-refractivity contribution is 0.186. The first kappa shape index (κ1) is 22.9. The van der Waals surface area contributed by atoms with Crippen LogP contribution in [-0.4, -0.2) is 34.8 Å². The first-order chi connectivity index (χ1) is 17.1. The maximum absolute atomic E-state index is 9.96. The zero-order valence-corrected chi connectivity index (χ0v) is 19.4. The van der Waals surface area contributed by atoms with Gasteiger partial charge in [0, 0.05) is 19.1 Å². The Morgan fingerprint density at radius 1 is 1.17 bits per heavy atom. The van der Waals surface area contributed by atoms with E-state index in [1.165, 1.54) is 11.1 Å². The number of fused-ring (bicyclic) bond motifs is 1. The number of benzene rings is 2. The van der Waals surface area contributed by atoms with Crippen LogP contribution in [0.1, 0.15) is 47.0 Å². The Bertz CT molecular complexity index is 1330. The minimum absolute atomic E-state index is 0.0616. The van der Waals surface area contributed by atoms with Crippen LogP contribution in [-0.2, 0) is 13.0 Å². The number of nitrogens with zero attached hydrogens (tertiary/aromatic N) is 4. The summed E-state index contributed by atoms with van der Waals surface area (Å²) >= 11 is 0. The van der Waals surface area contributed by atoms with Gasteiger partial charge in [0.15, 0.2) is 5.82 Å². The first-order valence-corrected chi connectivity index (χ1v) is 11.8. The van der Waals surface area contributed by atoms with E-state index in [1.807, 2.05) is 0 Å². The molecule has 7 nitrogen and oxygen atoms in total. The molecule has 0 bridgehead atoms. The largest absolute Gasteiger partial charge is 0.481 e. The minimum Gasteiger partial charge on any atom is -0.481 e. The van der Waals surface area contributed by atoms with Crippen molar-refractivity contribution in [2.75, 3.05) is 24.6 Å². The van der Waals surface area contributed by atoms with Crippen LogP contribution >= 0.6 is 0 Å². The molecule has 0 unspecified atom stereocenters. The van der Waals surface area contributed by atoms with Crippen molar-refractivity contribution in [1.29, 1.82) is 5.26 Å². The number of piperidine rings is 1. The molecule has 176 valence electrons. The summed E-state index contributed by atoms with van der Waals surface area (Å²) in [5.74, 6) is 7.16. The number of aliphatic hydroxyl groups is 1. The number of nitriles is 1. The summed E-state index contributed by atoms with van der Waals surface area (Å²) in [6, 6.07) is 17.6. The molecule has 1 aromatic heterocycles. The van der Waals surface area contributed by atoms with Crippen LogP contribution in [0.2, 0.25) is 0 Å². The van der Waals surface area contributed by atoms with E-state index in [1.54, 1.807) is 30.5 Å². The van der Waals surface area contributed by atoms with Gasteiger partial charge in [-0.1, -0.05) is 36.3 Å². The van der Waals surface area contributed by atoms with Gasteiger partial charge in [-0.25, -0.2) is 9.97 Å². The highest BCUT2D eigenvalue weighted by atomic mass is 16.5. The Balaban J connectivity index is 1.23. The van der Waals surface area contributed by atoms with Crippen LogP contribution in [0.5, 0.6) is 5.75 Å². The third kappa shape index (κ3) is 4.57. The van der Waals surface area contributed by atoms with Gasteiger partial charge < -0.3 is 20.5 Å². The number of hydrogen-bond donors (Lipinski definition) is 2. The van der Waals surface area contributed by atoms with Crippen LogP contribution in [0.25, 0.3) is 0 Å². The van der Waals surface area contributed by atoms with E-state index >= 15 is 0 Å². The Morgan fingerprint density at radius 3 is 2.77 bits per heavy atom. The van der Waals surface area contributed by atoms with Gasteiger partial charge >= 0.3 is 0 Å². The lowest BCUT2D eigenvalue weighted by Gasteiger charge is -2.42. The van der Waals surface area contributed by atoms with Gasteiger partial charge in [-0.05, 0) is 59.9 Å². The Labute approximate surface area is 205 Å². The Morgan fingerprint density at radius 2 is 2.00 bits per heavy atom. The van der Waals surface area contributed by atoms with Crippen molar-refractivity contribution < 1.29 is 9.84 Å². The van der Waals surface area contributed by atoms with Gasteiger partial charge in [0.25, 0.3) is 0 Å². The molecule has 1 fully saturated rings. The standard InChI is InChI=1S/C28H27N5O2/c29-17-20-5-3-8-23(15-20)35-14-4-7-22-18-31-27(25(19-34)32-22)33-12-10-28(11-13-33)16-21-6-1-2-9-24(21)26(28)30/h1-3,5-6,8-9,15,18,26,34H,10-14,16,19,30H2/t26-/m1/s1. The van der Waals surface area contributed by atoms with E-state index in [0.717, 1.165) is 32.4 Å². The van der Waals surface area contributed by atoms with E-state index in [-0.39, 0.29) is 24.7 Å². The fourth-order valence-corrected chi connectivity index (χ4v) is 5.22. The lowest BCUT2D eigenvalue weighted by Crippen LogP contribution is -2.45. The van der Waals surface area contributed by atoms with Crippen LogP contribution in [0.4, 0.5) is 5.82 Å². The van der Waals surface area contributed by atoms with Crippen LogP contribution in [0.15, 0.2) is 54.7 Å². The number of aliphatic hydroxyl groups excluding tert-OH is 1. The highest BCUT2D eigenvalue weighted by Crippen LogP contribution is 2.50. The average Bonchev–Trinajstić information content (AvgIpc) is 3.18. The molecule has 1 aliphatic heterocycles. The molecule has 7 heteroatoms. The van der Waals surface area contributed by atoms with E-state index in [0.29, 0.717) is 28.5 Å². The molecule has 2 aromatic carbocycles. The molecular weight excluding hydrogens is 438 g/mol. The summed E-state index contributed by atoms with van der Waals surface area (Å²) in [6.07, 6.45) is 4.61. The Hall–Kier alpha value is -3.91. The number of nitrogens with two attached hydrogens (primary N) is 1. The normalized spacial score (nSPS) is 17.9. The van der Waals surface area contributed by atoms with E-state index < -0.39 is 0 Å². The molecule has 3 aromatic rings. The number of anilines is 1. The molecule has 0 saturated carbocycles. The zero-order chi connectivity index (χ0) is 24.3. The molecule has 1 saturated heterocycles. The zero-order valence-electron chi connectivity index (χ0n) is 19.4. The van der Waals surface area contributed by atoms with Crippen molar-refractivity contribution in [3.05, 3.63) is 82.8 Å². The second-order valence-corrected chi connectivity index (χ2v) is 9.12. The van der Waals surface area contributed by atoms with Crippen molar-refractivity contribution in [3.63, 3.8) is 0 Å². The number of hydrogen-bond acceptors (Lipinski definition) is 7. The van der Waals surface area contributed by atoms with Gasteiger partial charge in [0.2, 0.25) is 0 Å². The number of aromatic nitrogens is 2. The van der Waals surface area contributed by atoms with E-state index in [9.17, 15) is 5.11 Å². The molecule has 1 spiro atoms. The smallest absolute Gasteiger partial charge is 0.152 e. The molecular formula is C28H27N5O2. The monoisotopic (exact) mass is 465 g/mol. The fraction of sp³-hybridized carbons (Fsp3) is 0.321. The Kier molecular flexibility index (Phi) is 6.37. The predicted octanol–water partition coefficient (Wildman–Crippen LogP) is 3.11. The third-order valence-electron chi connectivity index (χ3n) is 7.11. The summed E-state index contributed by atoms with van der Waals surface area (Å²) in [4.78, 5) is 11.3. The topological polar surface area (TPSA) is 108 Å². The first-order valence-electron chi connectivity index (χ1n) is 11.8. The summed E-state index contributed by atoms with van der Waals surface area (Å²) in [6.45, 7) is 1.60. The van der Waals surface area contributed by atoms with Crippen molar-refractivity contribution in [2.45, 2.75) is 31.9 Å². The molecule has 2 aliphatic rings. The molecule has 1 aliphatic carbocycles. The van der Waals surface area contributed by atoms with Crippen molar-refractivity contribution >= 4 is 5.82 Å². The minimum atomic E-state index is -0.206. The van der Waals surface area contributed by atoms with Gasteiger partial charge in [-0.3, -0.25) is 0 Å². The maximum atomic E-state index is 9.96. The average molecular weight is 466 g/mol. The summed E-state index contributed by atoms with van der Waals surface area (Å²) in [5.41, 5.74) is 11.0. The van der Waals surface area contributed by atoms with Crippen molar-refractivity contribution in [2.24, 2.45) is 11.1 Å². The van der Waals surface area contributed by atoms with Crippen LogP contribution in [0, 0.1) is 28.6 Å². The molecule has 0 radical (unpaired) electrons. The fourth-order valence-electron chi connectivity index (χ4n) is 5.22. The molecule has 35 heavy (non-hydrogen) atoms. The molecule has 2 heterocycles. The van der Waals surface area contributed by atoms with E-state index in [4.69, 9.17) is 15.7 Å². The second-order valence-electron chi connectivity index (χ2n) is 9.12. The molecule has 5 rings (SSSR count). The maximum Gasteiger partial charge on any atom is 0.152 e. The summed E-state index contributed by atoms with van der Waals surface area (Å²) < 4.78 is 5.58. The molecule has 3 N–H and O–H groups in total. The van der Waals surface area contributed by atoms with Gasteiger partial charge in [0.05, 0.1) is 24.4 Å². The third-order valence-corrected chi connectivity index (χ3v) is 7.11. The van der Waals surface area contributed by atoms with Crippen LogP contribution in [0.3, 0.4) is 0 Å². The second kappa shape index (κ2) is 9.76. The van der Waals surface area contributed by atoms with Gasteiger partial charge in [-0.2, -0.15) is 5.26 Å². The summed E-state index contributed by atoms with van der Waals surface area (Å²) in [5, 5.41) is 18.9. The quantitative estimate of drug-likeness (QED) is 0.570. The predicted molar refractivity (Wildman–Crippen MR) is 132 cm³/mol. The number of ether oxygens (including phenoxy) is 1. The van der Waals surface area contributed by atoms with Crippen molar-refractivity contribution in [3.8, 4) is 23.7 Å². The van der Waals surface area contributed by atoms with Gasteiger partial charge in [0.1, 0.15) is 23.7 Å². The molecule has 1 atom stereocenters. The van der Waals surface area contributed by atoms with E-state index in [2.05, 4.69) is 57.0 Å². The molecule has 0 amide bonds. The lowest BCUT2D eigenvalue weighted by atomic mass is 9.73.